The van der Waals surface area contributed by atoms with Crippen molar-refractivity contribution < 1.29 is 14.9 Å². The molecule has 1 aliphatic rings. The van der Waals surface area contributed by atoms with Crippen molar-refractivity contribution in [2.75, 3.05) is 0 Å². The minimum Gasteiger partial charge on any atom is -0.507 e. The van der Waals surface area contributed by atoms with Gasteiger partial charge in [-0.2, -0.15) is 0 Å². The highest BCUT2D eigenvalue weighted by atomic mass is 16.5. The molecule has 0 radical (unpaired) electrons. The number of aromatic hydroxyl groups is 2. The van der Waals surface area contributed by atoms with Crippen LogP contribution in [0.5, 0.6) is 23.0 Å². The lowest BCUT2D eigenvalue weighted by molar-refractivity contribution is 0.421. The normalized spacial score (nSPS) is 14.9. The fraction of sp³-hybridized carbons (Fsp3) is 0.308. The summed E-state index contributed by atoms with van der Waals surface area (Å²) in [5, 5.41) is 21.8. The largest absolute Gasteiger partial charge is 0.507 e. The molecule has 1 unspecified atom stereocenters. The van der Waals surface area contributed by atoms with E-state index in [-0.39, 0.29) is 5.92 Å². The van der Waals surface area contributed by atoms with Crippen molar-refractivity contribution >= 4 is 0 Å². The van der Waals surface area contributed by atoms with Crippen LogP contribution in [-0.4, -0.2) is 10.2 Å². The Balaban J connectivity index is 2.19. The van der Waals surface area contributed by atoms with E-state index in [1.807, 2.05) is 52.8 Å². The van der Waals surface area contributed by atoms with Crippen molar-refractivity contribution in [3.05, 3.63) is 80.4 Å². The Morgan fingerprint density at radius 1 is 0.724 bits per heavy atom. The number of fused-ring (bicyclic) bond motifs is 2. The minimum absolute atomic E-state index is 0.111. The van der Waals surface area contributed by atoms with Crippen molar-refractivity contribution in [1.29, 1.82) is 0 Å². The summed E-state index contributed by atoms with van der Waals surface area (Å²) in [5.41, 5.74) is 8.51. The second kappa shape index (κ2) is 6.84. The molecule has 3 aromatic rings. The van der Waals surface area contributed by atoms with Gasteiger partial charge in [-0.3, -0.25) is 0 Å². The Labute approximate surface area is 172 Å². The van der Waals surface area contributed by atoms with Gasteiger partial charge in [0.05, 0.1) is 0 Å². The van der Waals surface area contributed by atoms with Gasteiger partial charge in [0, 0.05) is 22.6 Å². The number of rotatable bonds is 2. The van der Waals surface area contributed by atoms with Gasteiger partial charge in [-0.05, 0) is 74.4 Å². The molecule has 29 heavy (non-hydrogen) atoms. The molecule has 3 heteroatoms. The molecule has 1 aliphatic heterocycles. The highest BCUT2D eigenvalue weighted by Crippen LogP contribution is 2.56. The van der Waals surface area contributed by atoms with E-state index in [4.69, 9.17) is 4.74 Å². The summed E-state index contributed by atoms with van der Waals surface area (Å²) < 4.78 is 6.56. The van der Waals surface area contributed by atoms with Crippen LogP contribution in [0.4, 0.5) is 0 Å². The SMILES string of the molecule is CCc1c(O)c(C)c(C)c2c1C(c1ccccc1)c1c(C)c(O)c(C)c(C)c1O2. The van der Waals surface area contributed by atoms with Gasteiger partial charge in [0.25, 0.3) is 0 Å². The summed E-state index contributed by atoms with van der Waals surface area (Å²) in [7, 11) is 0. The van der Waals surface area contributed by atoms with Crippen molar-refractivity contribution in [1.82, 2.24) is 0 Å². The van der Waals surface area contributed by atoms with Crippen molar-refractivity contribution in [3.63, 3.8) is 0 Å². The second-order valence-electron chi connectivity index (χ2n) is 8.09. The molecule has 0 spiro atoms. The summed E-state index contributed by atoms with van der Waals surface area (Å²) in [5.74, 6) is 2.23. The lowest BCUT2D eigenvalue weighted by Crippen LogP contribution is -2.18. The molecule has 0 bridgehead atoms. The molecule has 1 atom stereocenters. The van der Waals surface area contributed by atoms with E-state index < -0.39 is 0 Å². The van der Waals surface area contributed by atoms with E-state index in [0.29, 0.717) is 17.9 Å². The summed E-state index contributed by atoms with van der Waals surface area (Å²) in [4.78, 5) is 0. The standard InChI is InChI=1S/C26H28O3/c1-7-19-22-21(18-11-9-8-10-12-18)20-17(6)23(27)13(2)15(4)25(20)29-26(22)16(5)14(3)24(19)28/h8-12,21,27-28H,7H2,1-6H3. The van der Waals surface area contributed by atoms with Gasteiger partial charge in [0.15, 0.2) is 0 Å². The first-order valence-corrected chi connectivity index (χ1v) is 10.2. The Morgan fingerprint density at radius 2 is 1.28 bits per heavy atom. The molecular formula is C26H28O3. The first-order valence-electron chi connectivity index (χ1n) is 10.2. The van der Waals surface area contributed by atoms with E-state index in [2.05, 4.69) is 19.1 Å². The third-order valence-electron chi connectivity index (χ3n) is 6.64. The van der Waals surface area contributed by atoms with Crippen molar-refractivity contribution in [3.8, 4) is 23.0 Å². The van der Waals surface area contributed by atoms with Gasteiger partial charge >= 0.3 is 0 Å². The second-order valence-corrected chi connectivity index (χ2v) is 8.09. The number of ether oxygens (including phenoxy) is 1. The quantitative estimate of drug-likeness (QED) is 0.413. The third kappa shape index (κ3) is 2.64. The maximum absolute atomic E-state index is 11.0. The molecule has 0 amide bonds. The zero-order valence-corrected chi connectivity index (χ0v) is 18.0. The van der Waals surface area contributed by atoms with Crippen molar-refractivity contribution in [2.24, 2.45) is 0 Å². The monoisotopic (exact) mass is 388 g/mol. The molecule has 0 fully saturated rings. The van der Waals surface area contributed by atoms with E-state index in [9.17, 15) is 10.2 Å². The highest BCUT2D eigenvalue weighted by Gasteiger charge is 2.37. The lowest BCUT2D eigenvalue weighted by atomic mass is 9.75. The highest BCUT2D eigenvalue weighted by molar-refractivity contribution is 5.72. The van der Waals surface area contributed by atoms with Crippen molar-refractivity contribution in [2.45, 2.75) is 53.9 Å². The Bertz CT molecular complexity index is 1130. The van der Waals surface area contributed by atoms with Gasteiger partial charge in [0.1, 0.15) is 23.0 Å². The molecule has 0 saturated carbocycles. The summed E-state index contributed by atoms with van der Waals surface area (Å²) in [6, 6.07) is 10.3. The molecule has 3 nitrogen and oxygen atoms in total. The average Bonchev–Trinajstić information content (AvgIpc) is 2.74. The topological polar surface area (TPSA) is 49.7 Å². The molecule has 4 rings (SSSR count). The molecular weight excluding hydrogens is 360 g/mol. The summed E-state index contributed by atoms with van der Waals surface area (Å²) in [6.07, 6.45) is 0.702. The van der Waals surface area contributed by atoms with E-state index in [1.165, 1.54) is 0 Å². The van der Waals surface area contributed by atoms with Gasteiger partial charge in [-0.15, -0.1) is 0 Å². The Hall–Kier alpha value is -2.94. The predicted molar refractivity (Wildman–Crippen MR) is 117 cm³/mol. The van der Waals surface area contributed by atoms with Crippen LogP contribution in [0.2, 0.25) is 0 Å². The van der Waals surface area contributed by atoms with Crippen LogP contribution in [-0.2, 0) is 6.42 Å². The van der Waals surface area contributed by atoms with Gasteiger partial charge in [-0.1, -0.05) is 37.3 Å². The van der Waals surface area contributed by atoms with Crippen LogP contribution in [0.15, 0.2) is 30.3 Å². The third-order valence-corrected chi connectivity index (χ3v) is 6.64. The first-order chi connectivity index (χ1) is 13.8. The van der Waals surface area contributed by atoms with Crippen LogP contribution in [0.1, 0.15) is 62.9 Å². The molecule has 150 valence electrons. The molecule has 1 heterocycles. The fourth-order valence-electron chi connectivity index (χ4n) is 4.67. The van der Waals surface area contributed by atoms with Crippen LogP contribution in [0.25, 0.3) is 0 Å². The van der Waals surface area contributed by atoms with Gasteiger partial charge < -0.3 is 14.9 Å². The van der Waals surface area contributed by atoms with E-state index in [1.54, 1.807) is 0 Å². The van der Waals surface area contributed by atoms with Crippen LogP contribution >= 0.6 is 0 Å². The minimum atomic E-state index is -0.111. The Morgan fingerprint density at radius 3 is 1.86 bits per heavy atom. The Kier molecular flexibility index (Phi) is 4.57. The molecule has 0 saturated heterocycles. The zero-order valence-electron chi connectivity index (χ0n) is 18.0. The maximum Gasteiger partial charge on any atom is 0.135 e. The van der Waals surface area contributed by atoms with Crippen LogP contribution in [0, 0.1) is 34.6 Å². The average molecular weight is 389 g/mol. The van der Waals surface area contributed by atoms with E-state index >= 15 is 0 Å². The van der Waals surface area contributed by atoms with Crippen LogP contribution < -0.4 is 4.74 Å². The smallest absolute Gasteiger partial charge is 0.135 e. The maximum atomic E-state index is 11.0. The number of phenolic OH excluding ortho intramolecular Hbond substituents is 2. The fourth-order valence-corrected chi connectivity index (χ4v) is 4.67. The molecule has 3 aromatic carbocycles. The van der Waals surface area contributed by atoms with E-state index in [0.717, 1.165) is 61.6 Å². The van der Waals surface area contributed by atoms with Crippen LogP contribution in [0.3, 0.4) is 0 Å². The molecule has 2 N–H and O–H groups in total. The molecule has 0 aliphatic carbocycles. The van der Waals surface area contributed by atoms with Gasteiger partial charge in [-0.25, -0.2) is 0 Å². The number of hydrogen-bond acceptors (Lipinski definition) is 3. The predicted octanol–water partition coefficient (Wildman–Crippen LogP) is 6.49. The molecule has 0 aromatic heterocycles. The first kappa shape index (κ1) is 19.4. The zero-order chi connectivity index (χ0) is 21.0. The lowest BCUT2D eigenvalue weighted by Gasteiger charge is -2.35. The number of phenols is 2. The number of hydrogen-bond donors (Lipinski definition) is 2. The summed E-state index contributed by atoms with van der Waals surface area (Å²) in [6.45, 7) is 11.9. The van der Waals surface area contributed by atoms with Gasteiger partial charge in [0.2, 0.25) is 0 Å². The summed E-state index contributed by atoms with van der Waals surface area (Å²) >= 11 is 0. The number of benzene rings is 3.